The first-order valence-electron chi connectivity index (χ1n) is 6.92. The number of pyridine rings is 1. The Kier molecular flexibility index (Phi) is 4.34. The van der Waals surface area contributed by atoms with Gasteiger partial charge in [0, 0.05) is 11.4 Å². The molecule has 0 radical (unpaired) electrons. The van der Waals surface area contributed by atoms with Crippen molar-refractivity contribution >= 4 is 22.6 Å². The van der Waals surface area contributed by atoms with Crippen LogP contribution in [0.3, 0.4) is 0 Å². The summed E-state index contributed by atoms with van der Waals surface area (Å²) in [7, 11) is 0. The second-order valence-electron chi connectivity index (χ2n) is 5.20. The third-order valence-corrected chi connectivity index (χ3v) is 3.13. The summed E-state index contributed by atoms with van der Waals surface area (Å²) in [6.45, 7) is 6.10. The Labute approximate surface area is 118 Å². The second-order valence-corrected chi connectivity index (χ2v) is 5.20. The van der Waals surface area contributed by atoms with Crippen LogP contribution >= 0.6 is 0 Å². The molecule has 2 heterocycles. The predicted molar refractivity (Wildman–Crippen MR) is 79.4 cm³/mol. The molecule has 0 fully saturated rings. The molecule has 6 heteroatoms. The summed E-state index contributed by atoms with van der Waals surface area (Å²) in [5.74, 6) is -0.177. The van der Waals surface area contributed by atoms with Crippen molar-refractivity contribution in [2.45, 2.75) is 45.7 Å². The molecule has 0 saturated heterocycles. The monoisotopic (exact) mass is 275 g/mol. The van der Waals surface area contributed by atoms with E-state index in [4.69, 9.17) is 5.73 Å². The number of anilines is 1. The van der Waals surface area contributed by atoms with Crippen LogP contribution in [0.25, 0.3) is 11.0 Å². The van der Waals surface area contributed by atoms with Gasteiger partial charge < -0.3 is 11.1 Å². The van der Waals surface area contributed by atoms with Gasteiger partial charge in [-0.2, -0.15) is 5.10 Å². The van der Waals surface area contributed by atoms with E-state index in [2.05, 4.69) is 15.4 Å². The van der Waals surface area contributed by atoms with E-state index in [0.29, 0.717) is 12.1 Å². The van der Waals surface area contributed by atoms with Gasteiger partial charge in [0.2, 0.25) is 5.91 Å². The lowest BCUT2D eigenvalue weighted by Crippen LogP contribution is -2.35. The maximum Gasteiger partial charge on any atom is 0.241 e. The van der Waals surface area contributed by atoms with E-state index < -0.39 is 6.04 Å². The van der Waals surface area contributed by atoms with Gasteiger partial charge in [-0.3, -0.25) is 4.79 Å². The van der Waals surface area contributed by atoms with E-state index in [1.165, 1.54) is 0 Å². The first-order chi connectivity index (χ1) is 9.52. The number of rotatable bonds is 5. The molecule has 108 valence electrons. The first-order valence-corrected chi connectivity index (χ1v) is 6.92. The normalized spacial score (nSPS) is 12.8. The summed E-state index contributed by atoms with van der Waals surface area (Å²) in [6.07, 6.45) is 4.95. The van der Waals surface area contributed by atoms with E-state index in [1.807, 2.05) is 31.5 Å². The molecule has 0 aliphatic rings. The molecule has 20 heavy (non-hydrogen) atoms. The van der Waals surface area contributed by atoms with Crippen molar-refractivity contribution < 1.29 is 4.79 Å². The molecule has 0 bridgehead atoms. The van der Waals surface area contributed by atoms with Crippen molar-refractivity contribution in [2.75, 3.05) is 5.32 Å². The number of amides is 1. The van der Waals surface area contributed by atoms with Crippen molar-refractivity contribution in [3.05, 3.63) is 18.5 Å². The van der Waals surface area contributed by atoms with Gasteiger partial charge in [0.1, 0.15) is 0 Å². The number of hydrogen-bond acceptors (Lipinski definition) is 4. The van der Waals surface area contributed by atoms with Gasteiger partial charge in [-0.25, -0.2) is 9.67 Å². The summed E-state index contributed by atoms with van der Waals surface area (Å²) in [5, 5.41) is 7.99. The fourth-order valence-corrected chi connectivity index (χ4v) is 2.06. The van der Waals surface area contributed by atoms with Gasteiger partial charge in [0.05, 0.1) is 24.1 Å². The van der Waals surface area contributed by atoms with Crippen LogP contribution in [0.5, 0.6) is 0 Å². The summed E-state index contributed by atoms with van der Waals surface area (Å²) in [6, 6.07) is 1.64. The Balaban J connectivity index is 2.18. The second kappa shape index (κ2) is 6.00. The van der Waals surface area contributed by atoms with E-state index in [-0.39, 0.29) is 11.9 Å². The van der Waals surface area contributed by atoms with Crippen LogP contribution in [0.1, 0.15) is 39.7 Å². The van der Waals surface area contributed by atoms with Gasteiger partial charge in [-0.1, -0.05) is 13.3 Å². The zero-order valence-corrected chi connectivity index (χ0v) is 12.1. The highest BCUT2D eigenvalue weighted by Crippen LogP contribution is 2.19. The molecule has 0 saturated carbocycles. The van der Waals surface area contributed by atoms with Crippen LogP contribution in [0.15, 0.2) is 18.5 Å². The maximum atomic E-state index is 11.9. The third-order valence-electron chi connectivity index (χ3n) is 3.13. The number of fused-ring (bicyclic) bond motifs is 1. The largest absolute Gasteiger partial charge is 0.323 e. The molecule has 0 unspecified atom stereocenters. The predicted octanol–water partition coefficient (Wildman–Crippen LogP) is 2.08. The van der Waals surface area contributed by atoms with E-state index in [0.717, 1.165) is 17.5 Å². The Morgan fingerprint density at radius 1 is 1.45 bits per heavy atom. The number of nitrogens with one attached hydrogen (secondary N) is 1. The molecule has 0 aliphatic heterocycles. The third kappa shape index (κ3) is 2.96. The molecule has 0 spiro atoms. The van der Waals surface area contributed by atoms with Crippen LogP contribution in [0, 0.1) is 0 Å². The first kappa shape index (κ1) is 14.5. The summed E-state index contributed by atoms with van der Waals surface area (Å²) in [4.78, 5) is 16.2. The molecule has 0 aromatic carbocycles. The lowest BCUT2D eigenvalue weighted by atomic mass is 10.1. The lowest BCUT2D eigenvalue weighted by Gasteiger charge is -2.11. The van der Waals surface area contributed by atoms with Gasteiger partial charge in [-0.05, 0) is 26.3 Å². The Hall–Kier alpha value is -1.95. The van der Waals surface area contributed by atoms with Crippen molar-refractivity contribution in [3.63, 3.8) is 0 Å². The molecular formula is C14H21N5O. The SMILES string of the molecule is CCC[C@H](N)C(=O)Nc1cnc2c(cnn2C(C)C)c1. The van der Waals surface area contributed by atoms with Crippen molar-refractivity contribution in [1.29, 1.82) is 0 Å². The standard InChI is InChI=1S/C14H21N5O/c1-4-5-12(15)14(20)18-11-6-10-7-17-19(9(2)3)13(10)16-8-11/h6-9,12H,4-5,15H2,1-3H3,(H,18,20)/t12-/m0/s1. The maximum absolute atomic E-state index is 11.9. The molecule has 1 atom stereocenters. The van der Waals surface area contributed by atoms with Crippen molar-refractivity contribution in [1.82, 2.24) is 14.8 Å². The van der Waals surface area contributed by atoms with Gasteiger partial charge in [0.25, 0.3) is 0 Å². The molecule has 3 N–H and O–H groups in total. The fourth-order valence-electron chi connectivity index (χ4n) is 2.06. The van der Waals surface area contributed by atoms with Crippen LogP contribution in [-0.4, -0.2) is 26.7 Å². The van der Waals surface area contributed by atoms with Crippen LogP contribution in [0.4, 0.5) is 5.69 Å². The Morgan fingerprint density at radius 3 is 2.85 bits per heavy atom. The molecular weight excluding hydrogens is 254 g/mol. The molecule has 2 aromatic heterocycles. The Morgan fingerprint density at radius 2 is 2.20 bits per heavy atom. The van der Waals surface area contributed by atoms with Crippen molar-refractivity contribution in [3.8, 4) is 0 Å². The average molecular weight is 275 g/mol. The topological polar surface area (TPSA) is 85.8 Å². The summed E-state index contributed by atoms with van der Waals surface area (Å²) < 4.78 is 1.85. The number of carbonyl (C=O) groups excluding carboxylic acids is 1. The molecule has 6 nitrogen and oxygen atoms in total. The van der Waals surface area contributed by atoms with Gasteiger partial charge in [0.15, 0.2) is 5.65 Å². The smallest absolute Gasteiger partial charge is 0.241 e. The Bertz CT molecular complexity index is 605. The van der Waals surface area contributed by atoms with E-state index in [1.54, 1.807) is 12.4 Å². The molecule has 2 rings (SSSR count). The van der Waals surface area contributed by atoms with Crippen LogP contribution < -0.4 is 11.1 Å². The number of carbonyl (C=O) groups is 1. The number of aromatic nitrogens is 3. The lowest BCUT2D eigenvalue weighted by molar-refractivity contribution is -0.117. The molecule has 1 amide bonds. The number of hydrogen-bond donors (Lipinski definition) is 2. The number of nitrogens with zero attached hydrogens (tertiary/aromatic N) is 3. The van der Waals surface area contributed by atoms with E-state index in [9.17, 15) is 4.79 Å². The van der Waals surface area contributed by atoms with Gasteiger partial charge in [-0.15, -0.1) is 0 Å². The summed E-state index contributed by atoms with van der Waals surface area (Å²) >= 11 is 0. The minimum atomic E-state index is -0.478. The number of nitrogens with two attached hydrogens (primary N) is 1. The zero-order valence-electron chi connectivity index (χ0n) is 12.1. The highest BCUT2D eigenvalue weighted by Gasteiger charge is 2.13. The quantitative estimate of drug-likeness (QED) is 0.874. The fraction of sp³-hybridized carbons (Fsp3) is 0.500. The average Bonchev–Trinajstić information content (AvgIpc) is 2.82. The molecule has 2 aromatic rings. The van der Waals surface area contributed by atoms with Crippen LogP contribution in [0.2, 0.25) is 0 Å². The highest BCUT2D eigenvalue weighted by molar-refractivity contribution is 5.95. The van der Waals surface area contributed by atoms with Gasteiger partial charge >= 0.3 is 0 Å². The zero-order chi connectivity index (χ0) is 14.7. The van der Waals surface area contributed by atoms with Crippen molar-refractivity contribution in [2.24, 2.45) is 5.73 Å². The highest BCUT2D eigenvalue weighted by atomic mass is 16.2. The summed E-state index contributed by atoms with van der Waals surface area (Å²) in [5.41, 5.74) is 7.25. The minimum Gasteiger partial charge on any atom is -0.323 e. The minimum absolute atomic E-state index is 0.177. The van der Waals surface area contributed by atoms with E-state index >= 15 is 0 Å². The van der Waals surface area contributed by atoms with Crippen LogP contribution in [-0.2, 0) is 4.79 Å². The molecule has 0 aliphatic carbocycles.